The van der Waals surface area contributed by atoms with Gasteiger partial charge in [0.15, 0.2) is 0 Å². The Morgan fingerprint density at radius 1 is 0.724 bits per heavy atom. The second-order valence-electron chi connectivity index (χ2n) is 7.07. The number of nitrogens with zero attached hydrogens (tertiary/aromatic N) is 1. The lowest BCUT2D eigenvalue weighted by Gasteiger charge is -2.15. The summed E-state index contributed by atoms with van der Waals surface area (Å²) in [5.41, 5.74) is 0. The van der Waals surface area contributed by atoms with Crippen molar-refractivity contribution in [1.82, 2.24) is 21.0 Å². The van der Waals surface area contributed by atoms with Crippen molar-refractivity contribution in [3.05, 3.63) is 0 Å². The zero-order chi connectivity index (χ0) is 21.9. The fourth-order valence-corrected chi connectivity index (χ4v) is 2.59. The van der Waals surface area contributed by atoms with E-state index < -0.39 is 5.91 Å². The summed E-state index contributed by atoms with van der Waals surface area (Å²) < 4.78 is 0. The molecule has 0 aliphatic carbocycles. The Labute approximate surface area is 173 Å². The highest BCUT2D eigenvalue weighted by molar-refractivity contribution is 5.83. The summed E-state index contributed by atoms with van der Waals surface area (Å²) in [6, 6.07) is 0. The Balaban J connectivity index is 3.60. The summed E-state index contributed by atoms with van der Waals surface area (Å²) in [5.74, 6) is -0.672. The van der Waals surface area contributed by atoms with Gasteiger partial charge in [-0.15, -0.1) is 0 Å². The van der Waals surface area contributed by atoms with Gasteiger partial charge in [0, 0.05) is 52.4 Å². The second-order valence-corrected chi connectivity index (χ2v) is 7.07. The summed E-state index contributed by atoms with van der Waals surface area (Å²) in [6.45, 7) is 5.42. The van der Waals surface area contributed by atoms with Gasteiger partial charge >= 0.3 is 0 Å². The molecule has 0 aliphatic rings. The molecule has 0 spiro atoms. The van der Waals surface area contributed by atoms with Crippen molar-refractivity contribution in [3.8, 4) is 0 Å². The standard InChI is InChI=1S/C20H38N4O5/c1-3-10-18(26)22-15-8-5-9-16-24(29)20(28)12-11-19(27)23-14-7-4-6-13-21-17(2)25/h29H,3-16H2,1-2H3,(H,21,25)(H,22,26)(H,23,27). The van der Waals surface area contributed by atoms with Gasteiger partial charge in [0.2, 0.25) is 23.6 Å². The van der Waals surface area contributed by atoms with E-state index in [1.807, 2.05) is 6.92 Å². The number of rotatable bonds is 17. The van der Waals surface area contributed by atoms with E-state index in [1.54, 1.807) is 0 Å². The van der Waals surface area contributed by atoms with E-state index in [-0.39, 0.29) is 37.1 Å². The van der Waals surface area contributed by atoms with Crippen molar-refractivity contribution in [2.75, 3.05) is 26.2 Å². The molecule has 29 heavy (non-hydrogen) atoms. The van der Waals surface area contributed by atoms with Gasteiger partial charge in [0.25, 0.3) is 0 Å². The molecule has 0 saturated carbocycles. The predicted molar refractivity (Wildman–Crippen MR) is 110 cm³/mol. The molecule has 9 heteroatoms. The van der Waals surface area contributed by atoms with Crippen molar-refractivity contribution in [1.29, 1.82) is 0 Å². The Morgan fingerprint density at radius 2 is 1.24 bits per heavy atom. The molecule has 0 radical (unpaired) electrons. The van der Waals surface area contributed by atoms with E-state index in [2.05, 4.69) is 16.0 Å². The molecule has 0 atom stereocenters. The Kier molecular flexibility index (Phi) is 16.6. The minimum absolute atomic E-state index is 0.0298. The van der Waals surface area contributed by atoms with Crippen molar-refractivity contribution in [2.45, 2.75) is 78.1 Å². The van der Waals surface area contributed by atoms with E-state index in [0.29, 0.717) is 37.5 Å². The van der Waals surface area contributed by atoms with Gasteiger partial charge in [0.05, 0.1) is 0 Å². The first-order valence-corrected chi connectivity index (χ1v) is 10.6. The Bertz CT molecular complexity index is 499. The second kappa shape index (κ2) is 17.9. The number of hydrogen-bond acceptors (Lipinski definition) is 5. The summed E-state index contributed by atoms with van der Waals surface area (Å²) in [7, 11) is 0. The first-order valence-electron chi connectivity index (χ1n) is 10.6. The number of carbonyl (C=O) groups is 4. The maximum atomic E-state index is 11.8. The van der Waals surface area contributed by atoms with E-state index in [1.165, 1.54) is 6.92 Å². The van der Waals surface area contributed by atoms with E-state index in [0.717, 1.165) is 38.5 Å². The molecule has 168 valence electrons. The summed E-state index contributed by atoms with van der Waals surface area (Å²) >= 11 is 0. The minimum Gasteiger partial charge on any atom is -0.356 e. The van der Waals surface area contributed by atoms with E-state index in [4.69, 9.17) is 0 Å². The molecular formula is C20H38N4O5. The normalized spacial score (nSPS) is 10.3. The third-order valence-corrected chi connectivity index (χ3v) is 4.25. The fourth-order valence-electron chi connectivity index (χ4n) is 2.59. The summed E-state index contributed by atoms with van der Waals surface area (Å²) in [5, 5.41) is 18.7. The van der Waals surface area contributed by atoms with Gasteiger partial charge < -0.3 is 16.0 Å². The maximum Gasteiger partial charge on any atom is 0.246 e. The van der Waals surface area contributed by atoms with Crippen LogP contribution in [0.5, 0.6) is 0 Å². The molecular weight excluding hydrogens is 376 g/mol. The van der Waals surface area contributed by atoms with Crippen LogP contribution >= 0.6 is 0 Å². The first kappa shape index (κ1) is 26.8. The van der Waals surface area contributed by atoms with E-state index >= 15 is 0 Å². The zero-order valence-electron chi connectivity index (χ0n) is 17.9. The summed E-state index contributed by atoms with van der Waals surface area (Å²) in [6.07, 6.45) is 6.16. The van der Waals surface area contributed by atoms with Crippen molar-refractivity contribution < 1.29 is 24.4 Å². The van der Waals surface area contributed by atoms with Gasteiger partial charge in [0.1, 0.15) is 0 Å². The number of nitrogens with one attached hydrogen (secondary N) is 3. The van der Waals surface area contributed by atoms with Gasteiger partial charge in [-0.3, -0.25) is 24.4 Å². The third kappa shape index (κ3) is 17.7. The molecule has 0 saturated heterocycles. The minimum atomic E-state index is -0.466. The van der Waals surface area contributed by atoms with Crippen LogP contribution in [0.1, 0.15) is 78.1 Å². The van der Waals surface area contributed by atoms with Crippen molar-refractivity contribution in [2.24, 2.45) is 0 Å². The Morgan fingerprint density at radius 3 is 1.79 bits per heavy atom. The molecule has 0 unspecified atom stereocenters. The van der Waals surface area contributed by atoms with Crippen LogP contribution in [0.3, 0.4) is 0 Å². The van der Waals surface area contributed by atoms with Crippen LogP contribution in [-0.4, -0.2) is 60.1 Å². The first-order chi connectivity index (χ1) is 13.9. The highest BCUT2D eigenvalue weighted by atomic mass is 16.5. The zero-order valence-corrected chi connectivity index (χ0v) is 17.9. The highest BCUT2D eigenvalue weighted by Gasteiger charge is 2.12. The monoisotopic (exact) mass is 414 g/mol. The van der Waals surface area contributed by atoms with Crippen LogP contribution in [-0.2, 0) is 19.2 Å². The van der Waals surface area contributed by atoms with Gasteiger partial charge in [-0.2, -0.15) is 0 Å². The SMILES string of the molecule is CCCC(=O)NCCCCCN(O)C(=O)CCC(=O)NCCCCCNC(C)=O. The topological polar surface area (TPSA) is 128 Å². The largest absolute Gasteiger partial charge is 0.356 e. The fraction of sp³-hybridized carbons (Fsp3) is 0.800. The summed E-state index contributed by atoms with van der Waals surface area (Å²) in [4.78, 5) is 45.6. The molecule has 0 bridgehead atoms. The molecule has 0 aromatic rings. The smallest absolute Gasteiger partial charge is 0.246 e. The molecule has 0 heterocycles. The van der Waals surface area contributed by atoms with Crippen LogP contribution in [0.25, 0.3) is 0 Å². The molecule has 0 fully saturated rings. The average molecular weight is 415 g/mol. The van der Waals surface area contributed by atoms with Crippen LogP contribution in [0.4, 0.5) is 0 Å². The molecule has 9 nitrogen and oxygen atoms in total. The average Bonchev–Trinajstić information content (AvgIpc) is 2.67. The molecule has 4 amide bonds. The molecule has 0 rings (SSSR count). The molecule has 4 N–H and O–H groups in total. The lowest BCUT2D eigenvalue weighted by molar-refractivity contribution is -0.166. The van der Waals surface area contributed by atoms with Crippen LogP contribution in [0.15, 0.2) is 0 Å². The predicted octanol–water partition coefficient (Wildman–Crippen LogP) is 1.49. The molecule has 0 aliphatic heterocycles. The highest BCUT2D eigenvalue weighted by Crippen LogP contribution is 2.01. The van der Waals surface area contributed by atoms with Gasteiger partial charge in [-0.1, -0.05) is 6.92 Å². The van der Waals surface area contributed by atoms with Crippen LogP contribution in [0, 0.1) is 0 Å². The molecule has 0 aromatic carbocycles. The lowest BCUT2D eigenvalue weighted by atomic mass is 10.2. The van der Waals surface area contributed by atoms with Gasteiger partial charge in [-0.05, 0) is 44.9 Å². The number of unbranched alkanes of at least 4 members (excludes halogenated alkanes) is 4. The van der Waals surface area contributed by atoms with Crippen molar-refractivity contribution >= 4 is 23.6 Å². The lowest BCUT2D eigenvalue weighted by Crippen LogP contribution is -2.31. The number of amides is 4. The van der Waals surface area contributed by atoms with Crippen molar-refractivity contribution in [3.63, 3.8) is 0 Å². The maximum absolute atomic E-state index is 11.8. The van der Waals surface area contributed by atoms with Crippen LogP contribution in [0.2, 0.25) is 0 Å². The quantitative estimate of drug-likeness (QED) is 0.163. The van der Waals surface area contributed by atoms with Gasteiger partial charge in [-0.25, -0.2) is 5.06 Å². The van der Waals surface area contributed by atoms with Crippen LogP contribution < -0.4 is 16.0 Å². The number of hydroxylamine groups is 2. The number of hydrogen-bond donors (Lipinski definition) is 4. The Hall–Kier alpha value is -2.16. The molecule has 0 aromatic heterocycles. The number of carbonyl (C=O) groups excluding carboxylic acids is 4. The third-order valence-electron chi connectivity index (χ3n) is 4.25. The van der Waals surface area contributed by atoms with E-state index in [9.17, 15) is 24.4 Å².